The molecule has 0 radical (unpaired) electrons. The lowest BCUT2D eigenvalue weighted by molar-refractivity contribution is -0.136. The fraction of sp³-hybridized carbons (Fsp3) is 0.387. The first-order valence-electron chi connectivity index (χ1n) is 13.2. The summed E-state index contributed by atoms with van der Waals surface area (Å²) in [4.78, 5) is 10.9. The molecule has 194 valence electrons. The highest BCUT2D eigenvalue weighted by Crippen LogP contribution is 2.37. The lowest BCUT2D eigenvalue weighted by Gasteiger charge is -2.28. The van der Waals surface area contributed by atoms with Crippen molar-refractivity contribution in [2.45, 2.75) is 64.5 Å². The van der Waals surface area contributed by atoms with Crippen LogP contribution in [0.1, 0.15) is 59.5 Å². The van der Waals surface area contributed by atoms with E-state index in [0.29, 0.717) is 6.42 Å². The molecule has 0 aromatic heterocycles. The molecule has 1 fully saturated rings. The second kappa shape index (κ2) is 11.1. The van der Waals surface area contributed by atoms with Crippen LogP contribution in [-0.4, -0.2) is 32.9 Å². The van der Waals surface area contributed by atoms with Crippen molar-refractivity contribution in [3.63, 3.8) is 0 Å². The van der Waals surface area contributed by atoms with Crippen molar-refractivity contribution in [2.24, 2.45) is 0 Å². The van der Waals surface area contributed by atoms with Gasteiger partial charge in [-0.15, -0.1) is 0 Å². The Morgan fingerprint density at radius 1 is 1.03 bits per heavy atom. The zero-order chi connectivity index (χ0) is 25.9. The summed E-state index contributed by atoms with van der Waals surface area (Å²) < 4.78 is 17.9. The summed E-state index contributed by atoms with van der Waals surface area (Å²) in [7, 11) is -0.682. The molecule has 2 aliphatic heterocycles. The van der Waals surface area contributed by atoms with Gasteiger partial charge in [0.25, 0.3) is 0 Å². The van der Waals surface area contributed by atoms with Crippen LogP contribution >= 0.6 is 0 Å². The molecule has 2 N–H and O–H groups in total. The molecule has 0 bridgehead atoms. The molecule has 1 unspecified atom stereocenters. The highest BCUT2D eigenvalue weighted by atomic mass is 32.2. The van der Waals surface area contributed by atoms with Crippen molar-refractivity contribution in [1.29, 1.82) is 0 Å². The number of aryl methyl sites for hydroxylation is 4. The van der Waals surface area contributed by atoms with Crippen molar-refractivity contribution in [3.05, 3.63) is 82.4 Å². The number of hydrogen-bond donors (Lipinski definition) is 2. The summed E-state index contributed by atoms with van der Waals surface area (Å²) in [6, 6.07) is 19.6. The Morgan fingerprint density at radius 3 is 2.51 bits per heavy atom. The second-order valence-corrected chi connectivity index (χ2v) is 12.0. The first kappa shape index (κ1) is 25.5. The Kier molecular flexibility index (Phi) is 7.65. The quantitative estimate of drug-likeness (QED) is 0.381. The molecule has 0 saturated carbocycles. The average Bonchev–Trinajstić information content (AvgIpc) is 2.88. The van der Waals surface area contributed by atoms with E-state index < -0.39 is 16.8 Å². The summed E-state index contributed by atoms with van der Waals surface area (Å²) in [6.45, 7) is 4.30. The fourth-order valence-electron chi connectivity index (χ4n) is 5.65. The number of rotatable bonds is 7. The minimum Gasteiger partial charge on any atom is -0.490 e. The van der Waals surface area contributed by atoms with Crippen LogP contribution in [0.4, 0.5) is 5.69 Å². The first-order chi connectivity index (χ1) is 17.9. The van der Waals surface area contributed by atoms with E-state index in [1.807, 2.05) is 6.07 Å². The molecule has 5 nitrogen and oxygen atoms in total. The fourth-order valence-corrected chi connectivity index (χ4v) is 6.91. The summed E-state index contributed by atoms with van der Waals surface area (Å²) in [5.74, 6) is 1.62. The third-order valence-electron chi connectivity index (χ3n) is 7.55. The standard InChI is InChI=1S/C31H35NO4S/c1-20-16-27(36-26-12-14-37(35)15-13-26)17-21(2)31(20)25-5-3-4-23(19-25)29-10-8-24-18-22(7-11-30(33)34)6-9-28(24)32-29/h3-6,9,16-19,26,29,32H,7-8,10-15H2,1-2H3,(H,33,34). The van der Waals surface area contributed by atoms with Gasteiger partial charge >= 0.3 is 5.97 Å². The van der Waals surface area contributed by atoms with Crippen LogP contribution < -0.4 is 10.1 Å². The monoisotopic (exact) mass is 517 g/mol. The van der Waals surface area contributed by atoms with E-state index in [4.69, 9.17) is 9.84 Å². The Hall–Kier alpha value is -3.12. The minimum absolute atomic E-state index is 0.152. The summed E-state index contributed by atoms with van der Waals surface area (Å²) in [5.41, 5.74) is 9.61. The van der Waals surface area contributed by atoms with Crippen LogP contribution in [0.25, 0.3) is 11.1 Å². The maximum atomic E-state index is 11.7. The molecule has 2 heterocycles. The van der Waals surface area contributed by atoms with Gasteiger partial charge in [-0.25, -0.2) is 0 Å². The average molecular weight is 518 g/mol. The van der Waals surface area contributed by atoms with Gasteiger partial charge in [-0.2, -0.15) is 0 Å². The highest BCUT2D eigenvalue weighted by molar-refractivity contribution is 7.85. The van der Waals surface area contributed by atoms with Gasteiger partial charge in [0, 0.05) is 34.4 Å². The topological polar surface area (TPSA) is 75.6 Å². The number of hydrogen-bond acceptors (Lipinski definition) is 4. The largest absolute Gasteiger partial charge is 0.490 e. The molecule has 1 saturated heterocycles. The first-order valence-corrected chi connectivity index (χ1v) is 14.7. The number of anilines is 1. The van der Waals surface area contributed by atoms with Crippen LogP contribution in [0.2, 0.25) is 0 Å². The van der Waals surface area contributed by atoms with Gasteiger partial charge < -0.3 is 15.2 Å². The molecule has 5 rings (SSSR count). The van der Waals surface area contributed by atoms with E-state index >= 15 is 0 Å². The second-order valence-electron chi connectivity index (χ2n) is 10.3. The van der Waals surface area contributed by atoms with Crippen molar-refractivity contribution in [3.8, 4) is 16.9 Å². The van der Waals surface area contributed by atoms with Gasteiger partial charge in [0.05, 0.1) is 6.04 Å². The van der Waals surface area contributed by atoms with Gasteiger partial charge in [-0.3, -0.25) is 9.00 Å². The van der Waals surface area contributed by atoms with E-state index in [-0.39, 0.29) is 18.6 Å². The van der Waals surface area contributed by atoms with Crippen molar-refractivity contribution >= 4 is 22.5 Å². The maximum Gasteiger partial charge on any atom is 0.303 e. The lowest BCUT2D eigenvalue weighted by atomic mass is 9.89. The third kappa shape index (κ3) is 6.07. The molecule has 0 spiro atoms. The number of nitrogens with one attached hydrogen (secondary N) is 1. The van der Waals surface area contributed by atoms with Crippen LogP contribution in [0.3, 0.4) is 0 Å². The molecule has 3 aromatic rings. The van der Waals surface area contributed by atoms with Crippen molar-refractivity contribution < 1.29 is 18.8 Å². The number of fused-ring (bicyclic) bond motifs is 1. The molecular formula is C31H35NO4S. The van der Waals surface area contributed by atoms with E-state index in [9.17, 15) is 9.00 Å². The van der Waals surface area contributed by atoms with Crippen molar-refractivity contribution in [1.82, 2.24) is 0 Å². The third-order valence-corrected chi connectivity index (χ3v) is 8.93. The number of carboxylic acid groups (broad SMARTS) is 1. The summed E-state index contributed by atoms with van der Waals surface area (Å²) in [6.07, 6.45) is 4.56. The van der Waals surface area contributed by atoms with Gasteiger partial charge in [-0.1, -0.05) is 30.3 Å². The molecular weight excluding hydrogens is 482 g/mol. The number of carbonyl (C=O) groups is 1. The highest BCUT2D eigenvalue weighted by Gasteiger charge is 2.22. The summed E-state index contributed by atoms with van der Waals surface area (Å²) >= 11 is 0. The predicted molar refractivity (Wildman–Crippen MR) is 150 cm³/mol. The van der Waals surface area contributed by atoms with Crippen LogP contribution in [0.5, 0.6) is 5.75 Å². The summed E-state index contributed by atoms with van der Waals surface area (Å²) in [5, 5.41) is 12.7. The predicted octanol–water partition coefficient (Wildman–Crippen LogP) is 6.38. The molecule has 3 aromatic carbocycles. The minimum atomic E-state index is -0.758. The molecule has 2 aliphatic rings. The number of ether oxygens (including phenoxy) is 1. The lowest BCUT2D eigenvalue weighted by Crippen LogP contribution is -2.27. The van der Waals surface area contributed by atoms with Crippen LogP contribution in [0.15, 0.2) is 54.6 Å². The van der Waals surface area contributed by atoms with Gasteiger partial charge in [0.2, 0.25) is 0 Å². The van der Waals surface area contributed by atoms with Crippen LogP contribution in [-0.2, 0) is 28.4 Å². The molecule has 0 aliphatic carbocycles. The zero-order valence-corrected chi connectivity index (χ0v) is 22.4. The van der Waals surface area contributed by atoms with E-state index in [1.165, 1.54) is 33.4 Å². The van der Waals surface area contributed by atoms with E-state index in [2.05, 4.69) is 67.7 Å². The Labute approximate surface area is 221 Å². The molecule has 1 atom stereocenters. The van der Waals surface area contributed by atoms with Crippen molar-refractivity contribution in [2.75, 3.05) is 16.8 Å². The van der Waals surface area contributed by atoms with E-state index in [0.717, 1.165) is 54.2 Å². The Balaban J connectivity index is 1.32. The van der Waals surface area contributed by atoms with Gasteiger partial charge in [-0.05, 0) is 109 Å². The number of carboxylic acids is 1. The number of benzene rings is 3. The zero-order valence-electron chi connectivity index (χ0n) is 21.6. The molecule has 37 heavy (non-hydrogen) atoms. The molecule has 6 heteroatoms. The van der Waals surface area contributed by atoms with Gasteiger partial charge in [0.1, 0.15) is 11.9 Å². The van der Waals surface area contributed by atoms with E-state index in [1.54, 1.807) is 0 Å². The maximum absolute atomic E-state index is 11.7. The Morgan fingerprint density at radius 2 is 1.78 bits per heavy atom. The Bertz CT molecular complexity index is 1300. The van der Waals surface area contributed by atoms with Crippen LogP contribution in [0, 0.1) is 13.8 Å². The number of aliphatic carboxylic acids is 1. The van der Waals surface area contributed by atoms with Gasteiger partial charge in [0.15, 0.2) is 0 Å². The molecule has 0 amide bonds. The SMILES string of the molecule is Cc1cc(OC2CCS(=O)CC2)cc(C)c1-c1cccc(C2CCc3cc(CCC(=O)O)ccc3N2)c1. The normalized spacial score (nSPS) is 21.1. The smallest absolute Gasteiger partial charge is 0.303 e.